The zero-order valence-electron chi connectivity index (χ0n) is 16.9. The quantitative estimate of drug-likeness (QED) is 0.683. The van der Waals surface area contributed by atoms with Gasteiger partial charge in [0.15, 0.2) is 6.61 Å². The molecule has 1 aliphatic heterocycles. The Kier molecular flexibility index (Phi) is 6.30. The number of aromatic hydroxyl groups is 1. The van der Waals surface area contributed by atoms with Gasteiger partial charge in [-0.1, -0.05) is 60.7 Å². The third-order valence-electron chi connectivity index (χ3n) is 5.46. The summed E-state index contributed by atoms with van der Waals surface area (Å²) >= 11 is 0. The molecule has 0 bridgehead atoms. The SMILES string of the molecule is O=C(COc1ccc(O)cc1)N1CCN(C(c2ccccc2)c2ccccc2)CC1. The summed E-state index contributed by atoms with van der Waals surface area (Å²) in [7, 11) is 0. The van der Waals surface area contributed by atoms with E-state index in [0.717, 1.165) is 13.1 Å². The molecule has 1 fully saturated rings. The predicted octanol–water partition coefficient (Wildman–Crippen LogP) is 3.70. The number of nitrogens with zero attached hydrogens (tertiary/aromatic N) is 2. The molecule has 0 aromatic heterocycles. The standard InChI is InChI=1S/C25H26N2O3/c28-22-11-13-23(14-12-22)30-19-24(29)26-15-17-27(18-16-26)25(20-7-3-1-4-8-20)21-9-5-2-6-10-21/h1-14,25,28H,15-19H2. The first-order valence-electron chi connectivity index (χ1n) is 10.2. The summed E-state index contributed by atoms with van der Waals surface area (Å²) in [6.45, 7) is 2.96. The van der Waals surface area contributed by atoms with Crippen LogP contribution in [0.15, 0.2) is 84.9 Å². The second-order valence-electron chi connectivity index (χ2n) is 7.42. The van der Waals surface area contributed by atoms with E-state index in [1.807, 2.05) is 17.0 Å². The third-order valence-corrected chi connectivity index (χ3v) is 5.46. The van der Waals surface area contributed by atoms with Crippen molar-refractivity contribution in [3.8, 4) is 11.5 Å². The van der Waals surface area contributed by atoms with E-state index in [0.29, 0.717) is 18.8 Å². The van der Waals surface area contributed by atoms with Gasteiger partial charge in [-0.15, -0.1) is 0 Å². The monoisotopic (exact) mass is 402 g/mol. The molecule has 0 atom stereocenters. The number of carbonyl (C=O) groups is 1. The molecular weight excluding hydrogens is 376 g/mol. The van der Waals surface area contributed by atoms with Gasteiger partial charge in [0.05, 0.1) is 6.04 Å². The Bertz CT molecular complexity index is 898. The van der Waals surface area contributed by atoms with Gasteiger partial charge in [0.25, 0.3) is 5.91 Å². The van der Waals surface area contributed by atoms with Crippen molar-refractivity contribution in [1.29, 1.82) is 0 Å². The fourth-order valence-electron chi connectivity index (χ4n) is 3.89. The number of piperazine rings is 1. The number of phenolic OH excluding ortho intramolecular Hbond substituents is 1. The molecule has 0 radical (unpaired) electrons. The van der Waals surface area contributed by atoms with Crippen molar-refractivity contribution < 1.29 is 14.6 Å². The van der Waals surface area contributed by atoms with Crippen LogP contribution in [0.25, 0.3) is 0 Å². The fraction of sp³-hybridized carbons (Fsp3) is 0.240. The van der Waals surface area contributed by atoms with Gasteiger partial charge in [0.2, 0.25) is 0 Å². The molecule has 3 aromatic carbocycles. The van der Waals surface area contributed by atoms with Crippen molar-refractivity contribution in [3.63, 3.8) is 0 Å². The van der Waals surface area contributed by atoms with Crippen LogP contribution in [0, 0.1) is 0 Å². The van der Waals surface area contributed by atoms with Gasteiger partial charge in [0, 0.05) is 26.2 Å². The molecule has 0 saturated carbocycles. The number of amides is 1. The van der Waals surface area contributed by atoms with Crippen LogP contribution in [0.1, 0.15) is 17.2 Å². The van der Waals surface area contributed by atoms with Crippen LogP contribution < -0.4 is 4.74 Å². The first kappa shape index (κ1) is 20.0. The van der Waals surface area contributed by atoms with Crippen LogP contribution >= 0.6 is 0 Å². The summed E-state index contributed by atoms with van der Waals surface area (Å²) < 4.78 is 5.57. The van der Waals surface area contributed by atoms with Crippen molar-refractivity contribution >= 4 is 5.91 Å². The van der Waals surface area contributed by atoms with Crippen molar-refractivity contribution in [3.05, 3.63) is 96.1 Å². The highest BCUT2D eigenvalue weighted by atomic mass is 16.5. The van der Waals surface area contributed by atoms with Crippen LogP contribution in [0.2, 0.25) is 0 Å². The molecule has 4 rings (SSSR count). The molecule has 1 aliphatic rings. The van der Waals surface area contributed by atoms with E-state index in [1.165, 1.54) is 11.1 Å². The topological polar surface area (TPSA) is 53.0 Å². The minimum atomic E-state index is -0.0151. The minimum Gasteiger partial charge on any atom is -0.508 e. The molecular formula is C25H26N2O3. The van der Waals surface area contributed by atoms with Crippen LogP contribution in [-0.2, 0) is 4.79 Å². The Labute approximate surface area is 177 Å². The Balaban J connectivity index is 1.38. The molecule has 0 aliphatic carbocycles. The molecule has 5 nitrogen and oxygen atoms in total. The Morgan fingerprint density at radius 3 is 1.87 bits per heavy atom. The molecule has 1 saturated heterocycles. The number of rotatable bonds is 6. The molecule has 1 heterocycles. The third kappa shape index (κ3) is 4.81. The number of hydrogen-bond donors (Lipinski definition) is 1. The van der Waals surface area contributed by atoms with Gasteiger partial charge >= 0.3 is 0 Å². The highest BCUT2D eigenvalue weighted by molar-refractivity contribution is 5.77. The maximum Gasteiger partial charge on any atom is 0.260 e. The second kappa shape index (κ2) is 9.46. The van der Waals surface area contributed by atoms with Crippen molar-refractivity contribution in [2.24, 2.45) is 0 Å². The molecule has 5 heteroatoms. The van der Waals surface area contributed by atoms with Crippen molar-refractivity contribution in [1.82, 2.24) is 9.80 Å². The lowest BCUT2D eigenvalue weighted by atomic mass is 9.96. The van der Waals surface area contributed by atoms with E-state index >= 15 is 0 Å². The fourth-order valence-corrected chi connectivity index (χ4v) is 3.89. The summed E-state index contributed by atoms with van der Waals surface area (Å²) in [5.74, 6) is 0.739. The van der Waals surface area contributed by atoms with Gasteiger partial charge < -0.3 is 14.7 Å². The number of hydrogen-bond acceptors (Lipinski definition) is 4. The number of ether oxygens (including phenoxy) is 1. The van der Waals surface area contributed by atoms with Crippen LogP contribution in [-0.4, -0.2) is 53.6 Å². The second-order valence-corrected chi connectivity index (χ2v) is 7.42. The van der Waals surface area contributed by atoms with Crippen LogP contribution in [0.4, 0.5) is 0 Å². The van der Waals surface area contributed by atoms with E-state index < -0.39 is 0 Å². The summed E-state index contributed by atoms with van der Waals surface area (Å²) in [5.41, 5.74) is 2.53. The van der Waals surface area contributed by atoms with E-state index in [4.69, 9.17) is 4.74 Å². The predicted molar refractivity (Wildman–Crippen MR) is 116 cm³/mol. The van der Waals surface area contributed by atoms with Gasteiger partial charge in [-0.2, -0.15) is 0 Å². The first-order valence-corrected chi connectivity index (χ1v) is 10.2. The number of phenols is 1. The van der Waals surface area contributed by atoms with Gasteiger partial charge in [0.1, 0.15) is 11.5 Å². The van der Waals surface area contributed by atoms with Crippen molar-refractivity contribution in [2.45, 2.75) is 6.04 Å². The normalized spacial score (nSPS) is 14.6. The van der Waals surface area contributed by atoms with Crippen LogP contribution in [0.3, 0.4) is 0 Å². The zero-order valence-corrected chi connectivity index (χ0v) is 16.9. The smallest absolute Gasteiger partial charge is 0.260 e. The Morgan fingerprint density at radius 1 is 0.800 bits per heavy atom. The van der Waals surface area contributed by atoms with Crippen molar-refractivity contribution in [2.75, 3.05) is 32.8 Å². The maximum atomic E-state index is 12.6. The van der Waals surface area contributed by atoms with E-state index in [1.54, 1.807) is 24.3 Å². The lowest BCUT2D eigenvalue weighted by Gasteiger charge is -2.39. The first-order chi connectivity index (χ1) is 14.7. The van der Waals surface area contributed by atoms with E-state index in [9.17, 15) is 9.90 Å². The molecule has 3 aromatic rings. The lowest BCUT2D eigenvalue weighted by Crippen LogP contribution is -2.51. The largest absolute Gasteiger partial charge is 0.508 e. The molecule has 0 spiro atoms. The summed E-state index contributed by atoms with van der Waals surface area (Å²) in [5, 5.41) is 9.34. The summed E-state index contributed by atoms with van der Waals surface area (Å²) in [6, 6.07) is 27.6. The van der Waals surface area contributed by atoms with E-state index in [-0.39, 0.29) is 24.3 Å². The Morgan fingerprint density at radius 2 is 1.33 bits per heavy atom. The highest BCUT2D eigenvalue weighted by Gasteiger charge is 2.28. The average molecular weight is 402 g/mol. The number of carbonyl (C=O) groups excluding carboxylic acids is 1. The van der Waals surface area contributed by atoms with E-state index in [2.05, 4.69) is 53.4 Å². The highest BCUT2D eigenvalue weighted by Crippen LogP contribution is 2.29. The summed E-state index contributed by atoms with van der Waals surface area (Å²) in [4.78, 5) is 16.9. The Hall–Kier alpha value is -3.31. The van der Waals surface area contributed by atoms with Gasteiger partial charge in [-0.05, 0) is 35.4 Å². The molecule has 154 valence electrons. The molecule has 0 unspecified atom stereocenters. The summed E-state index contributed by atoms with van der Waals surface area (Å²) in [6.07, 6.45) is 0. The lowest BCUT2D eigenvalue weighted by molar-refractivity contribution is -0.135. The van der Waals surface area contributed by atoms with Gasteiger partial charge in [-0.25, -0.2) is 0 Å². The average Bonchev–Trinajstić information content (AvgIpc) is 2.81. The molecule has 1 amide bonds. The van der Waals surface area contributed by atoms with Crippen LogP contribution in [0.5, 0.6) is 11.5 Å². The molecule has 30 heavy (non-hydrogen) atoms. The maximum absolute atomic E-state index is 12.6. The number of benzene rings is 3. The zero-order chi connectivity index (χ0) is 20.8. The molecule has 1 N–H and O–H groups in total. The minimum absolute atomic E-state index is 0.00553. The van der Waals surface area contributed by atoms with Gasteiger partial charge in [-0.3, -0.25) is 9.69 Å².